The summed E-state index contributed by atoms with van der Waals surface area (Å²) >= 11 is 0. The number of anilines is 1. The summed E-state index contributed by atoms with van der Waals surface area (Å²) in [7, 11) is 6.03. The fourth-order valence-electron chi connectivity index (χ4n) is 1.93. The van der Waals surface area contributed by atoms with Crippen LogP contribution in [0.1, 0.15) is 23.2 Å². The van der Waals surface area contributed by atoms with E-state index >= 15 is 0 Å². The van der Waals surface area contributed by atoms with E-state index in [4.69, 9.17) is 14.2 Å². The van der Waals surface area contributed by atoms with Crippen molar-refractivity contribution in [2.75, 3.05) is 40.2 Å². The summed E-state index contributed by atoms with van der Waals surface area (Å²) in [6.07, 6.45) is 1.06. The number of carbonyl (C=O) groups excluding carboxylic acids is 2. The number of carbonyl (C=O) groups is 2. The van der Waals surface area contributed by atoms with Crippen LogP contribution >= 0.6 is 12.4 Å². The number of hydrogen-bond donors (Lipinski definition) is 2. The molecule has 0 aliphatic heterocycles. The highest BCUT2D eigenvalue weighted by atomic mass is 35.5. The van der Waals surface area contributed by atoms with Crippen LogP contribution in [-0.4, -0.2) is 46.8 Å². The van der Waals surface area contributed by atoms with Crippen molar-refractivity contribution < 1.29 is 23.8 Å². The first-order valence-electron chi connectivity index (χ1n) is 6.86. The van der Waals surface area contributed by atoms with Crippen LogP contribution in [-0.2, 0) is 9.53 Å². The standard InChI is InChI=1S/C15H22N2O5.ClH/c1-16-7-5-6-13(18)17-11-8-10(15(19)22-4)9-12(20-2)14(11)21-3;/h8-9,16H,5-7H2,1-4H3,(H,17,18);1H. The van der Waals surface area contributed by atoms with Crippen molar-refractivity contribution in [3.8, 4) is 11.5 Å². The van der Waals surface area contributed by atoms with E-state index in [9.17, 15) is 9.59 Å². The number of halogens is 1. The van der Waals surface area contributed by atoms with Crippen LogP contribution in [0, 0.1) is 0 Å². The number of benzene rings is 1. The van der Waals surface area contributed by atoms with Gasteiger partial charge in [0.25, 0.3) is 0 Å². The highest BCUT2D eigenvalue weighted by molar-refractivity contribution is 5.97. The van der Waals surface area contributed by atoms with Gasteiger partial charge in [0.2, 0.25) is 5.91 Å². The van der Waals surface area contributed by atoms with Gasteiger partial charge in [-0.1, -0.05) is 0 Å². The van der Waals surface area contributed by atoms with E-state index in [-0.39, 0.29) is 23.9 Å². The van der Waals surface area contributed by atoms with Crippen molar-refractivity contribution in [1.82, 2.24) is 5.32 Å². The van der Waals surface area contributed by atoms with Gasteiger partial charge in [-0.15, -0.1) is 12.4 Å². The van der Waals surface area contributed by atoms with E-state index in [0.29, 0.717) is 30.0 Å². The van der Waals surface area contributed by atoms with Crippen LogP contribution in [0.3, 0.4) is 0 Å². The van der Waals surface area contributed by atoms with Gasteiger partial charge >= 0.3 is 5.97 Å². The van der Waals surface area contributed by atoms with Gasteiger partial charge in [-0.2, -0.15) is 0 Å². The second kappa shape index (κ2) is 10.7. The second-order valence-electron chi connectivity index (χ2n) is 4.51. The molecule has 0 aromatic heterocycles. The van der Waals surface area contributed by atoms with Gasteiger partial charge in [0.05, 0.1) is 32.6 Å². The maximum Gasteiger partial charge on any atom is 0.338 e. The Morgan fingerprint density at radius 3 is 2.35 bits per heavy atom. The lowest BCUT2D eigenvalue weighted by Gasteiger charge is -2.15. The van der Waals surface area contributed by atoms with Gasteiger partial charge in [-0.3, -0.25) is 4.79 Å². The maximum atomic E-state index is 12.0. The molecular formula is C15H23ClN2O5. The molecule has 0 atom stereocenters. The van der Waals surface area contributed by atoms with Gasteiger partial charge < -0.3 is 24.8 Å². The summed E-state index contributed by atoms with van der Waals surface area (Å²) in [4.78, 5) is 23.6. The minimum Gasteiger partial charge on any atom is -0.493 e. The minimum atomic E-state index is -0.522. The zero-order valence-corrected chi connectivity index (χ0v) is 14.5. The quantitative estimate of drug-likeness (QED) is 0.552. The largest absolute Gasteiger partial charge is 0.493 e. The van der Waals surface area contributed by atoms with Gasteiger partial charge in [0.1, 0.15) is 0 Å². The Bertz CT molecular complexity index is 537. The number of amides is 1. The Labute approximate surface area is 142 Å². The summed E-state index contributed by atoms with van der Waals surface area (Å²) in [5, 5.41) is 5.71. The van der Waals surface area contributed by atoms with Crippen molar-refractivity contribution in [1.29, 1.82) is 0 Å². The molecule has 7 nitrogen and oxygen atoms in total. The van der Waals surface area contributed by atoms with Crippen molar-refractivity contribution >= 4 is 30.0 Å². The molecule has 0 bridgehead atoms. The fourth-order valence-corrected chi connectivity index (χ4v) is 1.93. The molecule has 0 radical (unpaired) electrons. The molecule has 0 saturated heterocycles. The number of nitrogens with one attached hydrogen (secondary N) is 2. The van der Waals surface area contributed by atoms with Crippen molar-refractivity contribution in [3.05, 3.63) is 17.7 Å². The van der Waals surface area contributed by atoms with Crippen LogP contribution in [0.15, 0.2) is 12.1 Å². The molecule has 23 heavy (non-hydrogen) atoms. The summed E-state index contributed by atoms with van der Waals surface area (Å²) in [5.74, 6) is 0.0114. The number of hydrogen-bond acceptors (Lipinski definition) is 6. The molecule has 1 aromatic carbocycles. The van der Waals surface area contributed by atoms with Crippen molar-refractivity contribution in [3.63, 3.8) is 0 Å². The molecule has 0 aliphatic carbocycles. The van der Waals surface area contributed by atoms with Gasteiger partial charge in [-0.05, 0) is 32.1 Å². The van der Waals surface area contributed by atoms with Crippen molar-refractivity contribution in [2.24, 2.45) is 0 Å². The summed E-state index contributed by atoms with van der Waals surface area (Å²) < 4.78 is 15.1. The van der Waals surface area contributed by atoms with Crippen LogP contribution in [0.4, 0.5) is 5.69 Å². The summed E-state index contributed by atoms with van der Waals surface area (Å²) in [5.41, 5.74) is 0.641. The maximum absolute atomic E-state index is 12.0. The lowest BCUT2D eigenvalue weighted by Crippen LogP contribution is -2.16. The summed E-state index contributed by atoms with van der Waals surface area (Å²) in [6.45, 7) is 0.746. The molecular weight excluding hydrogens is 324 g/mol. The molecule has 0 unspecified atom stereocenters. The number of methoxy groups -OCH3 is 3. The van der Waals surface area contributed by atoms with Gasteiger partial charge in [-0.25, -0.2) is 4.79 Å². The SMILES string of the molecule is CNCCCC(=O)Nc1cc(C(=O)OC)cc(OC)c1OC.Cl. The van der Waals surface area contributed by atoms with E-state index in [1.807, 2.05) is 7.05 Å². The monoisotopic (exact) mass is 346 g/mol. The molecule has 1 rings (SSSR count). The first-order chi connectivity index (χ1) is 10.6. The van der Waals surface area contributed by atoms with E-state index in [1.54, 1.807) is 0 Å². The van der Waals surface area contributed by atoms with E-state index in [2.05, 4.69) is 10.6 Å². The van der Waals surface area contributed by atoms with E-state index < -0.39 is 5.97 Å². The predicted octanol–water partition coefficient (Wildman–Crippen LogP) is 1.85. The Morgan fingerprint density at radius 1 is 1.13 bits per heavy atom. The highest BCUT2D eigenvalue weighted by Gasteiger charge is 2.18. The van der Waals surface area contributed by atoms with Crippen LogP contribution in [0.2, 0.25) is 0 Å². The first kappa shape index (κ1) is 21.0. The third kappa shape index (κ3) is 5.96. The number of rotatable bonds is 8. The average molecular weight is 347 g/mol. The Kier molecular flexibility index (Phi) is 9.76. The average Bonchev–Trinajstić information content (AvgIpc) is 2.53. The Hall–Kier alpha value is -1.99. The van der Waals surface area contributed by atoms with Crippen LogP contribution < -0.4 is 20.1 Å². The highest BCUT2D eigenvalue weighted by Crippen LogP contribution is 2.36. The molecule has 0 fully saturated rings. The fraction of sp³-hybridized carbons (Fsp3) is 0.467. The van der Waals surface area contributed by atoms with Crippen LogP contribution in [0.5, 0.6) is 11.5 Å². The van der Waals surface area contributed by atoms with Crippen molar-refractivity contribution in [2.45, 2.75) is 12.8 Å². The lowest BCUT2D eigenvalue weighted by molar-refractivity contribution is -0.116. The first-order valence-corrected chi connectivity index (χ1v) is 6.86. The predicted molar refractivity (Wildman–Crippen MR) is 89.9 cm³/mol. The lowest BCUT2D eigenvalue weighted by atomic mass is 10.1. The van der Waals surface area contributed by atoms with Gasteiger partial charge in [0.15, 0.2) is 11.5 Å². The molecule has 130 valence electrons. The topological polar surface area (TPSA) is 85.9 Å². The summed E-state index contributed by atoms with van der Waals surface area (Å²) in [6, 6.07) is 3.00. The minimum absolute atomic E-state index is 0. The molecule has 0 heterocycles. The molecule has 2 N–H and O–H groups in total. The molecule has 8 heteroatoms. The smallest absolute Gasteiger partial charge is 0.338 e. The van der Waals surface area contributed by atoms with Crippen LogP contribution in [0.25, 0.3) is 0 Å². The number of ether oxygens (including phenoxy) is 3. The normalized spacial score (nSPS) is 9.57. The molecule has 0 saturated carbocycles. The third-order valence-electron chi connectivity index (χ3n) is 3.00. The molecule has 0 spiro atoms. The van der Waals surface area contributed by atoms with E-state index in [0.717, 1.165) is 6.54 Å². The van der Waals surface area contributed by atoms with Gasteiger partial charge in [0, 0.05) is 6.42 Å². The third-order valence-corrected chi connectivity index (χ3v) is 3.00. The second-order valence-corrected chi connectivity index (χ2v) is 4.51. The van der Waals surface area contributed by atoms with E-state index in [1.165, 1.54) is 33.5 Å². The zero-order valence-electron chi connectivity index (χ0n) is 13.7. The molecule has 1 amide bonds. The molecule has 0 aliphatic rings. The Morgan fingerprint density at radius 2 is 1.83 bits per heavy atom. The number of esters is 1. The Balaban J connectivity index is 0.00000484. The zero-order chi connectivity index (χ0) is 16.5. The molecule has 1 aromatic rings.